The van der Waals surface area contributed by atoms with Crippen LogP contribution in [-0.2, 0) is 28.9 Å². The molecule has 1 aromatic heterocycles. The molecule has 0 aliphatic carbocycles. The van der Waals surface area contributed by atoms with Gasteiger partial charge in [-0.1, -0.05) is 71.2 Å². The second-order valence-electron chi connectivity index (χ2n) is 10.2. The third kappa shape index (κ3) is 7.77. The van der Waals surface area contributed by atoms with E-state index < -0.39 is 23.2 Å². The molecular formula is C30H27Cl3N5O4S2-. The summed E-state index contributed by atoms with van der Waals surface area (Å²) in [4.78, 5) is 29.4. The Morgan fingerprint density at radius 1 is 0.955 bits per heavy atom. The van der Waals surface area contributed by atoms with Crippen LogP contribution in [0.5, 0.6) is 0 Å². The fourth-order valence-electron chi connectivity index (χ4n) is 5.06. The molecule has 14 heteroatoms. The molecule has 5 rings (SSSR count). The van der Waals surface area contributed by atoms with Crippen molar-refractivity contribution < 1.29 is 18.4 Å². The summed E-state index contributed by atoms with van der Waals surface area (Å²) >= 11 is 16.6. The predicted molar refractivity (Wildman–Crippen MR) is 174 cm³/mol. The summed E-state index contributed by atoms with van der Waals surface area (Å²) in [5.41, 5.74) is 1.98. The summed E-state index contributed by atoms with van der Waals surface area (Å²) in [6, 6.07) is 17.8. The fraction of sp³-hybridized carbons (Fsp3) is 0.267. The molecule has 1 aliphatic heterocycles. The van der Waals surface area contributed by atoms with Crippen LogP contribution < -0.4 is 9.62 Å². The Hall–Kier alpha value is -3.06. The van der Waals surface area contributed by atoms with Crippen molar-refractivity contribution in [1.29, 1.82) is 0 Å². The van der Waals surface area contributed by atoms with Crippen molar-refractivity contribution in [3.05, 3.63) is 104 Å². The van der Waals surface area contributed by atoms with Gasteiger partial charge in [-0.25, -0.2) is 0 Å². The number of likely N-dealkylation sites (tertiary alicyclic amines) is 1. The highest BCUT2D eigenvalue weighted by atomic mass is 35.5. The summed E-state index contributed by atoms with van der Waals surface area (Å²) in [5, 5.41) is 3.76. The Labute approximate surface area is 276 Å². The molecule has 44 heavy (non-hydrogen) atoms. The van der Waals surface area contributed by atoms with Gasteiger partial charge in [0.05, 0.1) is 44.3 Å². The number of benzene rings is 3. The van der Waals surface area contributed by atoms with Gasteiger partial charge in [0.1, 0.15) is 11.7 Å². The first kappa shape index (κ1) is 32.3. The highest BCUT2D eigenvalue weighted by Gasteiger charge is 2.30. The first-order valence-corrected chi connectivity index (χ1v) is 16.7. The number of anilines is 2. The number of carbonyl (C=O) groups excluding carboxylic acids is 2. The topological polar surface area (TPSA) is 119 Å². The van der Waals surface area contributed by atoms with Crippen molar-refractivity contribution in [1.82, 2.24) is 19.0 Å². The quantitative estimate of drug-likeness (QED) is 0.193. The van der Waals surface area contributed by atoms with Gasteiger partial charge in [-0.05, 0) is 60.7 Å². The summed E-state index contributed by atoms with van der Waals surface area (Å²) in [7, 11) is 0. The number of amides is 2. The van der Waals surface area contributed by atoms with Gasteiger partial charge in [0, 0.05) is 31.0 Å². The highest BCUT2D eigenvalue weighted by molar-refractivity contribution is 7.81. The van der Waals surface area contributed by atoms with Gasteiger partial charge < -0.3 is 14.8 Å². The number of nitrogens with one attached hydrogen (secondary N) is 1. The van der Waals surface area contributed by atoms with Crippen LogP contribution in [0.15, 0.2) is 66.7 Å². The van der Waals surface area contributed by atoms with E-state index in [2.05, 4.69) is 14.1 Å². The van der Waals surface area contributed by atoms with Crippen LogP contribution in [0.2, 0.25) is 15.1 Å². The number of hydrogen-bond acceptors (Lipinski definition) is 7. The first-order valence-electron chi connectivity index (χ1n) is 13.8. The zero-order valence-corrected chi connectivity index (χ0v) is 27.2. The zero-order chi connectivity index (χ0) is 31.2. The average Bonchev–Trinajstić information content (AvgIpc) is 3.46. The monoisotopic (exact) mass is 690 g/mol. The number of carbonyl (C=O) groups is 2. The smallest absolute Gasteiger partial charge is 0.254 e. The lowest BCUT2D eigenvalue weighted by atomic mass is 10.0. The Kier molecular flexibility index (Phi) is 10.9. The second-order valence-corrected chi connectivity index (χ2v) is 12.8. The van der Waals surface area contributed by atoms with E-state index in [1.54, 1.807) is 23.1 Å². The molecule has 2 amide bonds. The maximum Gasteiger partial charge on any atom is 0.254 e. The molecule has 1 saturated heterocycles. The largest absolute Gasteiger partial charge is 0.755 e. The van der Waals surface area contributed by atoms with Crippen LogP contribution in [-0.4, -0.2) is 53.4 Å². The Balaban J connectivity index is 1.48. The van der Waals surface area contributed by atoms with Crippen LogP contribution in [0.25, 0.3) is 0 Å². The number of aromatic nitrogens is 2. The molecule has 4 aromatic rings. The number of halogens is 3. The van der Waals surface area contributed by atoms with E-state index in [9.17, 15) is 18.4 Å². The highest BCUT2D eigenvalue weighted by Crippen LogP contribution is 2.34. The van der Waals surface area contributed by atoms with Gasteiger partial charge >= 0.3 is 0 Å². The van der Waals surface area contributed by atoms with Gasteiger partial charge in [-0.3, -0.25) is 18.1 Å². The predicted octanol–water partition coefficient (Wildman–Crippen LogP) is 6.37. The molecule has 3 aromatic carbocycles. The molecule has 0 saturated carbocycles. The Morgan fingerprint density at radius 3 is 2.41 bits per heavy atom. The molecule has 1 aliphatic rings. The standard InChI is InChI=1S/C30H28Cl3N5O4S2/c31-21-10-11-22(27(18-21)38(44(41)42)28-25(35-43-36-28)16-19-7-3-1-4-8-19)29(39)34-26(30(40)37-13-5-2-6-14-37)17-20-9-12-23(32)24(33)15-20/h1,3-4,7-12,15,18,26H,2,5-6,13-14,16-17H2,(H,34,39)(H,41,42)/p-1. The van der Waals surface area contributed by atoms with Gasteiger partial charge in [-0.15, -0.1) is 0 Å². The second kappa shape index (κ2) is 14.8. The van der Waals surface area contributed by atoms with E-state index in [1.165, 1.54) is 18.2 Å². The molecule has 230 valence electrons. The molecule has 9 nitrogen and oxygen atoms in total. The minimum Gasteiger partial charge on any atom is -0.755 e. The molecule has 2 heterocycles. The number of nitrogens with zero attached hydrogens (tertiary/aromatic N) is 4. The summed E-state index contributed by atoms with van der Waals surface area (Å²) in [6.45, 7) is 1.17. The molecule has 2 atom stereocenters. The van der Waals surface area contributed by atoms with Crippen LogP contribution in [0.1, 0.15) is 46.4 Å². The lowest BCUT2D eigenvalue weighted by molar-refractivity contribution is -0.134. The third-order valence-corrected chi connectivity index (χ3v) is 9.41. The van der Waals surface area contributed by atoms with E-state index in [0.29, 0.717) is 40.8 Å². The normalized spacial score (nSPS) is 14.6. The third-order valence-electron chi connectivity index (χ3n) is 7.21. The van der Waals surface area contributed by atoms with Gasteiger partial charge in [0.2, 0.25) is 5.91 Å². The van der Waals surface area contributed by atoms with Gasteiger partial charge in [0.15, 0.2) is 5.82 Å². The van der Waals surface area contributed by atoms with Crippen LogP contribution in [0, 0.1) is 0 Å². The lowest BCUT2D eigenvalue weighted by Crippen LogP contribution is -2.51. The van der Waals surface area contributed by atoms with Crippen molar-refractivity contribution in [2.24, 2.45) is 0 Å². The molecule has 2 unspecified atom stereocenters. The van der Waals surface area contributed by atoms with E-state index in [0.717, 1.165) is 40.9 Å². The molecular weight excluding hydrogens is 665 g/mol. The minimum atomic E-state index is -2.90. The van der Waals surface area contributed by atoms with Crippen molar-refractivity contribution >= 4 is 81.1 Å². The van der Waals surface area contributed by atoms with Crippen molar-refractivity contribution in [2.45, 2.75) is 38.1 Å². The van der Waals surface area contributed by atoms with E-state index >= 15 is 0 Å². The summed E-state index contributed by atoms with van der Waals surface area (Å²) < 4.78 is 35.0. The van der Waals surface area contributed by atoms with Crippen LogP contribution >= 0.6 is 46.5 Å². The van der Waals surface area contributed by atoms with Crippen molar-refractivity contribution in [3.63, 3.8) is 0 Å². The molecule has 1 fully saturated rings. The number of hydrogen-bond donors (Lipinski definition) is 1. The van der Waals surface area contributed by atoms with Crippen molar-refractivity contribution in [3.8, 4) is 0 Å². The maximum atomic E-state index is 13.9. The fourth-order valence-corrected chi connectivity index (χ4v) is 6.75. The summed E-state index contributed by atoms with van der Waals surface area (Å²) in [6.07, 6.45) is 3.24. The summed E-state index contributed by atoms with van der Waals surface area (Å²) in [5.74, 6) is -0.840. The van der Waals surface area contributed by atoms with Crippen LogP contribution in [0.3, 0.4) is 0 Å². The first-order chi connectivity index (χ1) is 21.2. The van der Waals surface area contributed by atoms with Crippen molar-refractivity contribution in [2.75, 3.05) is 17.4 Å². The lowest BCUT2D eigenvalue weighted by Gasteiger charge is -2.31. The SMILES string of the molecule is O=C(NC(Cc1ccc(Cl)c(Cl)c1)C(=O)N1CCCCC1)c1ccc(Cl)cc1N(c1nsnc1Cc1ccccc1)S(=O)[O-]. The van der Waals surface area contributed by atoms with Gasteiger partial charge in [0.25, 0.3) is 5.91 Å². The van der Waals surface area contributed by atoms with E-state index in [4.69, 9.17) is 34.8 Å². The average molecular weight is 692 g/mol. The van der Waals surface area contributed by atoms with E-state index in [-0.39, 0.29) is 34.4 Å². The minimum absolute atomic E-state index is 0.0113. The molecule has 1 N–H and O–H groups in total. The zero-order valence-electron chi connectivity index (χ0n) is 23.3. The van der Waals surface area contributed by atoms with E-state index in [1.807, 2.05) is 30.3 Å². The Morgan fingerprint density at radius 2 is 1.70 bits per heavy atom. The number of rotatable bonds is 10. The molecule has 0 spiro atoms. The Bertz CT molecular complexity index is 1670. The maximum absolute atomic E-state index is 13.9. The molecule has 0 radical (unpaired) electrons. The molecule has 0 bridgehead atoms. The van der Waals surface area contributed by atoms with Crippen LogP contribution in [0.4, 0.5) is 11.5 Å². The van der Waals surface area contributed by atoms with Gasteiger partial charge in [-0.2, -0.15) is 8.75 Å². The number of piperidine rings is 1.